The summed E-state index contributed by atoms with van der Waals surface area (Å²) in [4.78, 5) is 11.2. The molecule has 0 amide bonds. The van der Waals surface area contributed by atoms with Crippen LogP contribution < -0.4 is 0 Å². The van der Waals surface area contributed by atoms with Crippen molar-refractivity contribution in [3.63, 3.8) is 0 Å². The maximum atomic E-state index is 10.6. The number of carboxylic acid groups (broad SMARTS) is 1. The zero-order valence-electron chi connectivity index (χ0n) is 12.5. The molecule has 0 saturated heterocycles. The Kier molecular flexibility index (Phi) is 16.6. The van der Waals surface area contributed by atoms with Gasteiger partial charge in [-0.05, 0) is 27.1 Å². The van der Waals surface area contributed by atoms with Gasteiger partial charge in [-0.15, -0.1) is 0 Å². The van der Waals surface area contributed by atoms with Crippen molar-refractivity contribution in [2.45, 2.75) is 64.7 Å². The molecule has 0 aliphatic rings. The van der Waals surface area contributed by atoms with Crippen molar-refractivity contribution in [1.82, 2.24) is 4.90 Å². The third-order valence-corrected chi connectivity index (χ3v) is 2.65. The topological polar surface area (TPSA) is 40.5 Å². The van der Waals surface area contributed by atoms with Crippen LogP contribution in [-0.2, 0) is 4.79 Å². The molecule has 0 unspecified atom stereocenters. The Hall–Kier alpha value is -0.710. The molecule has 5 heteroatoms. The summed E-state index contributed by atoms with van der Waals surface area (Å²) in [5.74, 6) is -2.07. The summed E-state index contributed by atoms with van der Waals surface area (Å²) in [5, 5.41) is 7.24. The quantitative estimate of drug-likeness (QED) is 0.615. The number of halogens is 2. The van der Waals surface area contributed by atoms with Crippen LogP contribution in [0.4, 0.5) is 8.78 Å². The zero-order chi connectivity index (χ0) is 15.1. The first-order valence-corrected chi connectivity index (χ1v) is 7.07. The average Bonchev–Trinajstić information content (AvgIpc) is 2.33. The minimum Gasteiger partial charge on any atom is -0.477 e. The lowest BCUT2D eigenvalue weighted by Crippen LogP contribution is -2.12. The minimum atomic E-state index is -3.23. The molecule has 0 rings (SSSR count). The van der Waals surface area contributed by atoms with Crippen molar-refractivity contribution >= 4 is 5.97 Å². The van der Waals surface area contributed by atoms with E-state index >= 15 is 0 Å². The molecule has 0 heterocycles. The fourth-order valence-electron chi connectivity index (χ4n) is 1.56. The van der Waals surface area contributed by atoms with E-state index in [1.54, 1.807) is 0 Å². The minimum absolute atomic E-state index is 1.26. The van der Waals surface area contributed by atoms with Gasteiger partial charge in [0.05, 0.1) is 0 Å². The molecule has 116 valence electrons. The molecule has 0 spiro atoms. The third-order valence-electron chi connectivity index (χ3n) is 2.65. The third kappa shape index (κ3) is 22.9. The van der Waals surface area contributed by atoms with Gasteiger partial charge < -0.3 is 10.0 Å². The lowest BCUT2D eigenvalue weighted by atomic mass is 10.1. The summed E-state index contributed by atoms with van der Waals surface area (Å²) >= 11 is 0. The summed E-state index contributed by atoms with van der Waals surface area (Å²) in [6.07, 6.45) is 8.15. The number of rotatable bonds is 10. The molecular formula is C14H29F2NO2. The van der Waals surface area contributed by atoms with E-state index in [0.29, 0.717) is 0 Å². The van der Waals surface area contributed by atoms with Crippen LogP contribution in [0.2, 0.25) is 0 Å². The van der Waals surface area contributed by atoms with Crippen LogP contribution in [0.5, 0.6) is 0 Å². The molecule has 3 nitrogen and oxygen atoms in total. The fourth-order valence-corrected chi connectivity index (χ4v) is 1.56. The van der Waals surface area contributed by atoms with E-state index in [4.69, 9.17) is 9.90 Å². The van der Waals surface area contributed by atoms with Crippen LogP contribution in [0.15, 0.2) is 0 Å². The highest BCUT2D eigenvalue weighted by Gasteiger charge is 2.10. The molecule has 0 saturated carbocycles. The maximum absolute atomic E-state index is 10.6. The monoisotopic (exact) mass is 281 g/mol. The summed E-state index contributed by atoms with van der Waals surface area (Å²) in [7, 11) is 4.31. The van der Waals surface area contributed by atoms with Gasteiger partial charge in [0.1, 0.15) is 0 Å². The predicted octanol–water partition coefficient (Wildman–Crippen LogP) is 4.02. The molecular weight excluding hydrogens is 252 g/mol. The van der Waals surface area contributed by atoms with Gasteiger partial charge in [-0.1, -0.05) is 51.9 Å². The van der Waals surface area contributed by atoms with Crippen molar-refractivity contribution < 1.29 is 18.7 Å². The van der Waals surface area contributed by atoms with E-state index in [1.165, 1.54) is 57.9 Å². The SMILES string of the molecule is CCCCCCCCCCN(C)C.O=C(O)C(F)F. The van der Waals surface area contributed by atoms with Gasteiger partial charge in [0.2, 0.25) is 0 Å². The van der Waals surface area contributed by atoms with Crippen molar-refractivity contribution in [3.05, 3.63) is 0 Å². The normalized spacial score (nSPS) is 10.5. The first-order valence-electron chi connectivity index (χ1n) is 7.07. The van der Waals surface area contributed by atoms with Crippen LogP contribution in [0.25, 0.3) is 0 Å². The van der Waals surface area contributed by atoms with Crippen LogP contribution in [-0.4, -0.2) is 43.0 Å². The number of alkyl halides is 2. The number of hydrogen-bond acceptors (Lipinski definition) is 2. The van der Waals surface area contributed by atoms with Crippen LogP contribution in [0, 0.1) is 0 Å². The zero-order valence-corrected chi connectivity index (χ0v) is 12.5. The Morgan fingerprint density at radius 2 is 1.37 bits per heavy atom. The van der Waals surface area contributed by atoms with Crippen LogP contribution >= 0.6 is 0 Å². The second-order valence-electron chi connectivity index (χ2n) is 4.92. The van der Waals surface area contributed by atoms with E-state index in [-0.39, 0.29) is 0 Å². The molecule has 0 aliphatic heterocycles. The summed E-state index contributed by atoms with van der Waals surface area (Å²) in [6, 6.07) is 0. The van der Waals surface area contributed by atoms with E-state index in [0.717, 1.165) is 0 Å². The van der Waals surface area contributed by atoms with E-state index < -0.39 is 12.4 Å². The number of nitrogens with zero attached hydrogens (tertiary/aromatic N) is 1. The van der Waals surface area contributed by atoms with E-state index in [2.05, 4.69) is 25.9 Å². The van der Waals surface area contributed by atoms with Crippen molar-refractivity contribution in [2.75, 3.05) is 20.6 Å². The second kappa shape index (κ2) is 15.3. The summed E-state index contributed by atoms with van der Waals surface area (Å²) < 4.78 is 21.1. The predicted molar refractivity (Wildman–Crippen MR) is 74.8 cm³/mol. The molecule has 0 fully saturated rings. The molecule has 0 radical (unpaired) electrons. The van der Waals surface area contributed by atoms with E-state index in [1.807, 2.05) is 0 Å². The Morgan fingerprint density at radius 3 is 1.68 bits per heavy atom. The summed E-state index contributed by atoms with van der Waals surface area (Å²) in [5.41, 5.74) is 0. The first kappa shape index (κ1) is 20.6. The number of hydrogen-bond donors (Lipinski definition) is 1. The van der Waals surface area contributed by atoms with Gasteiger partial charge in [-0.25, -0.2) is 4.79 Å². The molecule has 0 aromatic heterocycles. The van der Waals surface area contributed by atoms with Gasteiger partial charge in [-0.2, -0.15) is 8.78 Å². The first-order chi connectivity index (χ1) is 8.91. The molecule has 0 atom stereocenters. The highest BCUT2D eigenvalue weighted by Crippen LogP contribution is 2.08. The second-order valence-corrected chi connectivity index (χ2v) is 4.92. The van der Waals surface area contributed by atoms with Crippen molar-refractivity contribution in [2.24, 2.45) is 0 Å². The molecule has 19 heavy (non-hydrogen) atoms. The molecule has 0 bridgehead atoms. The number of carboxylic acids is 1. The van der Waals surface area contributed by atoms with E-state index in [9.17, 15) is 8.78 Å². The molecule has 0 aliphatic carbocycles. The molecule has 0 aromatic rings. The molecule has 0 aromatic carbocycles. The molecule has 1 N–H and O–H groups in total. The van der Waals surface area contributed by atoms with Gasteiger partial charge >= 0.3 is 12.4 Å². The number of aliphatic carboxylic acids is 1. The van der Waals surface area contributed by atoms with Gasteiger partial charge in [-0.3, -0.25) is 0 Å². The highest BCUT2D eigenvalue weighted by atomic mass is 19.3. The Morgan fingerprint density at radius 1 is 1.00 bits per heavy atom. The highest BCUT2D eigenvalue weighted by molar-refractivity contribution is 5.70. The Bertz CT molecular complexity index is 200. The van der Waals surface area contributed by atoms with Crippen molar-refractivity contribution in [1.29, 1.82) is 0 Å². The van der Waals surface area contributed by atoms with Crippen molar-refractivity contribution in [3.8, 4) is 0 Å². The fraction of sp³-hybridized carbons (Fsp3) is 0.929. The lowest BCUT2D eigenvalue weighted by molar-refractivity contribution is -0.149. The average molecular weight is 281 g/mol. The smallest absolute Gasteiger partial charge is 0.371 e. The largest absolute Gasteiger partial charge is 0.477 e. The van der Waals surface area contributed by atoms with Crippen LogP contribution in [0.3, 0.4) is 0 Å². The standard InChI is InChI=1S/C12H27N.C2H2F2O2/c1-4-5-6-7-8-9-10-11-12-13(2)3;3-1(4)2(5)6/h4-12H2,1-3H3;1H,(H,5,6). The van der Waals surface area contributed by atoms with Gasteiger partial charge in [0.15, 0.2) is 0 Å². The number of unbranched alkanes of at least 4 members (excludes halogenated alkanes) is 7. The van der Waals surface area contributed by atoms with Gasteiger partial charge in [0, 0.05) is 0 Å². The maximum Gasteiger partial charge on any atom is 0.371 e. The number of carbonyl (C=O) groups is 1. The Labute approximate surface area is 116 Å². The lowest BCUT2D eigenvalue weighted by Gasteiger charge is -2.08. The Balaban J connectivity index is 0. The van der Waals surface area contributed by atoms with Gasteiger partial charge in [0.25, 0.3) is 0 Å². The van der Waals surface area contributed by atoms with Crippen LogP contribution in [0.1, 0.15) is 58.3 Å². The summed E-state index contributed by atoms with van der Waals surface area (Å²) in [6.45, 7) is 3.53.